The van der Waals surface area contributed by atoms with Gasteiger partial charge in [-0.25, -0.2) is 14.8 Å². The van der Waals surface area contributed by atoms with Crippen LogP contribution in [-0.4, -0.2) is 27.5 Å². The molecule has 0 aliphatic carbocycles. The van der Waals surface area contributed by atoms with Crippen molar-refractivity contribution in [2.75, 3.05) is 11.9 Å². The molecule has 0 unspecified atom stereocenters. The number of aromatic amines is 1. The molecular formula is C21H18N4O2. The van der Waals surface area contributed by atoms with Gasteiger partial charge in [-0.2, -0.15) is 0 Å². The van der Waals surface area contributed by atoms with Gasteiger partial charge in [-0.1, -0.05) is 18.2 Å². The molecule has 2 heterocycles. The number of nitrogens with one attached hydrogen (secondary N) is 2. The first kappa shape index (κ1) is 16.8. The van der Waals surface area contributed by atoms with E-state index in [2.05, 4.69) is 26.3 Å². The number of hydrogen-bond acceptors (Lipinski definition) is 5. The lowest BCUT2D eigenvalue weighted by Gasteiger charge is -2.07. The fourth-order valence-electron chi connectivity index (χ4n) is 2.89. The molecule has 0 amide bonds. The number of aromatic nitrogens is 3. The number of H-pyrrole nitrogens is 1. The second kappa shape index (κ2) is 7.29. The zero-order valence-corrected chi connectivity index (χ0v) is 14.8. The Hall–Kier alpha value is -3.67. The highest BCUT2D eigenvalue weighted by atomic mass is 16.5. The van der Waals surface area contributed by atoms with Gasteiger partial charge in [-0.05, 0) is 43.3 Å². The van der Waals surface area contributed by atoms with Crippen LogP contribution in [0.2, 0.25) is 0 Å². The SMILES string of the molecule is CCOC(=O)c1ccc(Nc2nccc(-c3c[nH]c4ccccc34)n2)cc1. The highest BCUT2D eigenvalue weighted by Crippen LogP contribution is 2.27. The smallest absolute Gasteiger partial charge is 0.338 e. The molecule has 0 spiro atoms. The van der Waals surface area contributed by atoms with E-state index in [1.165, 1.54) is 0 Å². The molecule has 6 nitrogen and oxygen atoms in total. The summed E-state index contributed by atoms with van der Waals surface area (Å²) in [4.78, 5) is 23.9. The Morgan fingerprint density at radius 1 is 1.11 bits per heavy atom. The van der Waals surface area contributed by atoms with Crippen LogP contribution in [0.5, 0.6) is 0 Å². The third-order valence-electron chi connectivity index (χ3n) is 4.17. The van der Waals surface area contributed by atoms with Gasteiger partial charge in [0.15, 0.2) is 0 Å². The molecule has 0 aliphatic heterocycles. The number of rotatable bonds is 5. The summed E-state index contributed by atoms with van der Waals surface area (Å²) in [6.07, 6.45) is 3.67. The van der Waals surface area contributed by atoms with Gasteiger partial charge in [0.05, 0.1) is 17.9 Å². The van der Waals surface area contributed by atoms with Crippen LogP contribution in [-0.2, 0) is 4.74 Å². The van der Waals surface area contributed by atoms with E-state index in [-0.39, 0.29) is 5.97 Å². The highest BCUT2D eigenvalue weighted by Gasteiger charge is 2.09. The molecule has 6 heteroatoms. The molecule has 4 rings (SSSR count). The summed E-state index contributed by atoms with van der Waals surface area (Å²) in [5.41, 5.74) is 4.21. The Bertz CT molecular complexity index is 1090. The highest BCUT2D eigenvalue weighted by molar-refractivity contribution is 5.94. The average Bonchev–Trinajstić information content (AvgIpc) is 3.13. The predicted molar refractivity (Wildman–Crippen MR) is 105 cm³/mol. The summed E-state index contributed by atoms with van der Waals surface area (Å²) in [6, 6.07) is 17.0. The third-order valence-corrected chi connectivity index (χ3v) is 4.17. The minimum Gasteiger partial charge on any atom is -0.462 e. The molecule has 0 radical (unpaired) electrons. The van der Waals surface area contributed by atoms with E-state index >= 15 is 0 Å². The van der Waals surface area contributed by atoms with Gasteiger partial charge >= 0.3 is 5.97 Å². The Labute approximate surface area is 156 Å². The van der Waals surface area contributed by atoms with E-state index in [0.717, 1.165) is 27.8 Å². The Morgan fingerprint density at radius 3 is 2.74 bits per heavy atom. The van der Waals surface area contributed by atoms with Gasteiger partial charge < -0.3 is 15.0 Å². The number of nitrogens with zero attached hydrogens (tertiary/aromatic N) is 2. The number of fused-ring (bicyclic) bond motifs is 1. The van der Waals surface area contributed by atoms with E-state index < -0.39 is 0 Å². The van der Waals surface area contributed by atoms with E-state index in [4.69, 9.17) is 4.74 Å². The van der Waals surface area contributed by atoms with Crippen LogP contribution in [0.25, 0.3) is 22.2 Å². The fourth-order valence-corrected chi connectivity index (χ4v) is 2.89. The topological polar surface area (TPSA) is 79.9 Å². The minimum atomic E-state index is -0.332. The van der Waals surface area contributed by atoms with Crippen LogP contribution in [0.4, 0.5) is 11.6 Å². The molecule has 4 aromatic rings. The number of anilines is 2. The van der Waals surface area contributed by atoms with Gasteiger partial charge in [0.25, 0.3) is 0 Å². The number of esters is 1. The summed E-state index contributed by atoms with van der Waals surface area (Å²) in [6.45, 7) is 2.14. The van der Waals surface area contributed by atoms with Crippen LogP contribution >= 0.6 is 0 Å². The lowest BCUT2D eigenvalue weighted by Crippen LogP contribution is -2.04. The van der Waals surface area contributed by atoms with E-state index in [9.17, 15) is 4.79 Å². The van der Waals surface area contributed by atoms with E-state index in [1.54, 1.807) is 37.4 Å². The first-order valence-electron chi connectivity index (χ1n) is 8.68. The second-order valence-electron chi connectivity index (χ2n) is 5.94. The lowest BCUT2D eigenvalue weighted by atomic mass is 10.1. The van der Waals surface area contributed by atoms with Crippen molar-refractivity contribution >= 4 is 28.5 Å². The van der Waals surface area contributed by atoms with E-state index in [0.29, 0.717) is 18.1 Å². The maximum absolute atomic E-state index is 11.7. The van der Waals surface area contributed by atoms with Crippen LogP contribution in [0.3, 0.4) is 0 Å². The molecule has 0 atom stereocenters. The van der Waals surface area contributed by atoms with Crippen molar-refractivity contribution in [3.63, 3.8) is 0 Å². The normalized spacial score (nSPS) is 10.7. The zero-order valence-electron chi connectivity index (χ0n) is 14.8. The Balaban J connectivity index is 1.57. The van der Waals surface area contributed by atoms with Crippen molar-refractivity contribution in [1.29, 1.82) is 0 Å². The number of para-hydroxylation sites is 1. The van der Waals surface area contributed by atoms with Crippen molar-refractivity contribution < 1.29 is 9.53 Å². The van der Waals surface area contributed by atoms with Crippen LogP contribution < -0.4 is 5.32 Å². The average molecular weight is 358 g/mol. The summed E-state index contributed by atoms with van der Waals surface area (Å²) in [5.74, 6) is 0.156. The Kier molecular flexibility index (Phi) is 4.53. The summed E-state index contributed by atoms with van der Waals surface area (Å²) >= 11 is 0. The molecule has 2 aromatic heterocycles. The maximum atomic E-state index is 11.7. The van der Waals surface area contributed by atoms with Crippen molar-refractivity contribution in [3.05, 3.63) is 72.6 Å². The van der Waals surface area contributed by atoms with Crippen LogP contribution in [0.1, 0.15) is 17.3 Å². The van der Waals surface area contributed by atoms with Gasteiger partial charge in [0.2, 0.25) is 5.95 Å². The van der Waals surface area contributed by atoms with Crippen molar-refractivity contribution in [3.8, 4) is 11.3 Å². The molecule has 0 aliphatic rings. The van der Waals surface area contributed by atoms with E-state index in [1.807, 2.05) is 30.5 Å². The molecular weight excluding hydrogens is 340 g/mol. The van der Waals surface area contributed by atoms with Crippen molar-refractivity contribution in [2.45, 2.75) is 6.92 Å². The lowest BCUT2D eigenvalue weighted by molar-refractivity contribution is 0.0526. The molecule has 2 aromatic carbocycles. The fraction of sp³-hybridized carbons (Fsp3) is 0.0952. The number of hydrogen-bond donors (Lipinski definition) is 2. The first-order chi connectivity index (χ1) is 13.2. The van der Waals surface area contributed by atoms with Gasteiger partial charge in [-0.15, -0.1) is 0 Å². The van der Waals surface area contributed by atoms with Gasteiger partial charge in [0, 0.05) is 34.5 Å². The maximum Gasteiger partial charge on any atom is 0.338 e. The summed E-state index contributed by atoms with van der Waals surface area (Å²) < 4.78 is 4.99. The van der Waals surface area contributed by atoms with Crippen molar-refractivity contribution in [1.82, 2.24) is 15.0 Å². The predicted octanol–water partition coefficient (Wildman–Crippen LogP) is 4.55. The molecule has 134 valence electrons. The third kappa shape index (κ3) is 3.50. The van der Waals surface area contributed by atoms with Crippen molar-refractivity contribution in [2.24, 2.45) is 0 Å². The number of carbonyl (C=O) groups is 1. The van der Waals surface area contributed by atoms with Gasteiger partial charge in [0.1, 0.15) is 0 Å². The van der Waals surface area contributed by atoms with Crippen LogP contribution in [0, 0.1) is 0 Å². The summed E-state index contributed by atoms with van der Waals surface area (Å²) in [7, 11) is 0. The molecule has 0 saturated heterocycles. The number of ether oxygens (including phenoxy) is 1. The Morgan fingerprint density at radius 2 is 1.93 bits per heavy atom. The minimum absolute atomic E-state index is 0.332. The van der Waals surface area contributed by atoms with Gasteiger partial charge in [-0.3, -0.25) is 0 Å². The molecule has 2 N–H and O–H groups in total. The second-order valence-corrected chi connectivity index (χ2v) is 5.94. The molecule has 0 fully saturated rings. The monoisotopic (exact) mass is 358 g/mol. The quantitative estimate of drug-likeness (QED) is 0.512. The number of carbonyl (C=O) groups excluding carboxylic acids is 1. The standard InChI is InChI=1S/C21H18N4O2/c1-2-27-20(26)14-7-9-15(10-8-14)24-21-22-12-11-19(25-21)17-13-23-18-6-4-3-5-16(17)18/h3-13,23H,2H2,1H3,(H,22,24,25). The molecule has 0 bridgehead atoms. The largest absolute Gasteiger partial charge is 0.462 e. The molecule has 27 heavy (non-hydrogen) atoms. The van der Waals surface area contributed by atoms with Crippen LogP contribution in [0.15, 0.2) is 67.0 Å². The summed E-state index contributed by atoms with van der Waals surface area (Å²) in [5, 5.41) is 4.28. The number of benzene rings is 2. The molecule has 0 saturated carbocycles. The zero-order chi connectivity index (χ0) is 18.6. The first-order valence-corrected chi connectivity index (χ1v) is 8.68.